The van der Waals surface area contributed by atoms with Crippen molar-refractivity contribution in [1.82, 2.24) is 24.9 Å². The van der Waals surface area contributed by atoms with Gasteiger partial charge in [-0.05, 0) is 49.4 Å². The molecular weight excluding hydrogens is 690 g/mol. The van der Waals surface area contributed by atoms with Gasteiger partial charge in [-0.25, -0.2) is 4.79 Å². The Morgan fingerprint density at radius 3 is 2.31 bits per heavy atom. The number of hydrogen-bond donors (Lipinski definition) is 1. The van der Waals surface area contributed by atoms with Gasteiger partial charge >= 0.3 is 6.09 Å². The molecule has 4 heterocycles. The highest BCUT2D eigenvalue weighted by Crippen LogP contribution is 2.36. The summed E-state index contributed by atoms with van der Waals surface area (Å²) in [7, 11) is 1.60. The fraction of sp³-hybridized carbons (Fsp3) is 0.575. The van der Waals surface area contributed by atoms with Crippen molar-refractivity contribution in [1.29, 1.82) is 0 Å². The summed E-state index contributed by atoms with van der Waals surface area (Å²) in [5.41, 5.74) is 9.63. The van der Waals surface area contributed by atoms with Crippen LogP contribution in [0.3, 0.4) is 0 Å². The maximum absolute atomic E-state index is 12.5. The van der Waals surface area contributed by atoms with Crippen LogP contribution in [-0.2, 0) is 30.3 Å². The number of hydrogen-bond acceptors (Lipinski definition) is 13. The van der Waals surface area contributed by atoms with Crippen molar-refractivity contribution in [2.24, 2.45) is 0 Å². The second kappa shape index (κ2) is 18.5. The maximum atomic E-state index is 12.5. The Kier molecular flexibility index (Phi) is 13.1. The topological polar surface area (TPSA) is 137 Å². The lowest BCUT2D eigenvalue weighted by Crippen LogP contribution is -2.57. The van der Waals surface area contributed by atoms with Crippen LogP contribution in [0.2, 0.25) is 0 Å². The number of rotatable bonds is 15. The highest BCUT2D eigenvalue weighted by molar-refractivity contribution is 5.74. The molecule has 0 unspecified atom stereocenters. The zero-order valence-corrected chi connectivity index (χ0v) is 31.5. The van der Waals surface area contributed by atoms with E-state index in [4.69, 9.17) is 34.2 Å². The van der Waals surface area contributed by atoms with Crippen LogP contribution >= 0.6 is 0 Å². The number of carbonyl (C=O) groups is 1. The molecule has 1 aromatic heterocycles. The average molecular weight is 746 g/mol. The third kappa shape index (κ3) is 9.97. The summed E-state index contributed by atoms with van der Waals surface area (Å²) in [6.45, 7) is 10.9. The molecule has 14 heteroatoms. The van der Waals surface area contributed by atoms with Gasteiger partial charge in [-0.3, -0.25) is 9.80 Å². The molecule has 1 aliphatic carbocycles. The van der Waals surface area contributed by atoms with E-state index < -0.39 is 0 Å². The molecule has 1 saturated carbocycles. The van der Waals surface area contributed by atoms with E-state index in [1.54, 1.807) is 12.0 Å². The van der Waals surface area contributed by atoms with Crippen LogP contribution in [0, 0.1) is 0 Å². The Morgan fingerprint density at radius 1 is 0.870 bits per heavy atom. The van der Waals surface area contributed by atoms with E-state index in [9.17, 15) is 4.79 Å². The van der Waals surface area contributed by atoms with Gasteiger partial charge in [0.2, 0.25) is 0 Å². The Balaban J connectivity index is 0.764. The van der Waals surface area contributed by atoms with E-state index in [-0.39, 0.29) is 30.7 Å². The maximum Gasteiger partial charge on any atom is 0.410 e. The van der Waals surface area contributed by atoms with Crippen LogP contribution in [0.15, 0.2) is 60.7 Å². The molecular formula is C40H55N7O7. The Morgan fingerprint density at radius 2 is 1.57 bits per heavy atom. The predicted molar refractivity (Wildman–Crippen MR) is 204 cm³/mol. The third-order valence-electron chi connectivity index (χ3n) is 11.0. The van der Waals surface area contributed by atoms with Crippen LogP contribution < -0.4 is 15.4 Å². The molecule has 7 rings (SSSR count). The van der Waals surface area contributed by atoms with Crippen molar-refractivity contribution in [2.75, 3.05) is 110 Å². The van der Waals surface area contributed by atoms with Crippen LogP contribution in [0.25, 0.3) is 11.3 Å². The highest BCUT2D eigenvalue weighted by atomic mass is 16.7. The lowest BCUT2D eigenvalue weighted by Gasteiger charge is -2.48. The van der Waals surface area contributed by atoms with Crippen molar-refractivity contribution in [3.05, 3.63) is 66.2 Å². The first-order valence-electron chi connectivity index (χ1n) is 19.3. The Labute approximate surface area is 318 Å². The van der Waals surface area contributed by atoms with E-state index in [1.807, 2.05) is 60.7 Å². The Bertz CT molecular complexity index is 1630. The van der Waals surface area contributed by atoms with Gasteiger partial charge in [0.1, 0.15) is 12.4 Å². The quantitative estimate of drug-likeness (QED) is 0.226. The molecule has 1 amide bonds. The summed E-state index contributed by atoms with van der Waals surface area (Å²) in [4.78, 5) is 21.4. The van der Waals surface area contributed by atoms with Crippen molar-refractivity contribution in [3.63, 3.8) is 0 Å². The molecule has 0 atom stereocenters. The van der Waals surface area contributed by atoms with Crippen LogP contribution in [0.4, 0.5) is 16.3 Å². The van der Waals surface area contributed by atoms with Crippen LogP contribution in [-0.4, -0.2) is 148 Å². The normalized spacial score (nSPS) is 21.9. The number of piperidine rings is 1. The monoisotopic (exact) mass is 745 g/mol. The molecule has 54 heavy (non-hydrogen) atoms. The molecule has 0 radical (unpaired) electrons. The third-order valence-corrected chi connectivity index (χ3v) is 11.0. The molecule has 2 aromatic carbocycles. The van der Waals surface area contributed by atoms with Crippen molar-refractivity contribution >= 4 is 17.6 Å². The number of carbonyl (C=O) groups excluding carboxylic acids is 1. The standard InChI is InChI=1S/C40H55N7O7/c1-49-30-53-37-10-6-5-9-34(37)35-27-36(38(41)43-42-35)46-13-11-40(12-14-46)29-45(21-24-54-40)20-23-51-33-25-32(26-33)50-22-19-44-15-17-47(18-16-44)39(48)52-28-31-7-3-2-4-8-31/h2-10,27,32-33H,11-26,28-30H2,1H3,(H2,41,43). The van der Waals surface area contributed by atoms with E-state index in [0.29, 0.717) is 43.6 Å². The van der Waals surface area contributed by atoms with Gasteiger partial charge in [0.25, 0.3) is 0 Å². The molecule has 3 aromatic rings. The number of benzene rings is 2. The summed E-state index contributed by atoms with van der Waals surface area (Å²) in [6.07, 6.45) is 4.01. The second-order valence-electron chi connectivity index (χ2n) is 14.7. The van der Waals surface area contributed by atoms with Gasteiger partial charge < -0.3 is 44.0 Å². The average Bonchev–Trinajstić information content (AvgIpc) is 3.19. The summed E-state index contributed by atoms with van der Waals surface area (Å²) in [5.74, 6) is 1.11. The minimum Gasteiger partial charge on any atom is -0.467 e. The predicted octanol–water partition coefficient (Wildman–Crippen LogP) is 3.90. The molecule has 1 spiro atoms. The van der Waals surface area contributed by atoms with Gasteiger partial charge in [-0.1, -0.05) is 42.5 Å². The lowest BCUT2D eigenvalue weighted by atomic mass is 9.89. The number of piperazine rings is 1. The van der Waals surface area contributed by atoms with E-state index in [1.165, 1.54) is 0 Å². The number of morpholine rings is 1. The van der Waals surface area contributed by atoms with Crippen LogP contribution in [0.5, 0.6) is 5.75 Å². The van der Waals surface area contributed by atoms with E-state index in [0.717, 1.165) is 108 Å². The minimum absolute atomic E-state index is 0.152. The number of nitrogens with two attached hydrogens (primary N) is 1. The van der Waals surface area contributed by atoms with Gasteiger partial charge in [0.05, 0.1) is 49.0 Å². The van der Waals surface area contributed by atoms with Gasteiger partial charge in [-0.2, -0.15) is 0 Å². The number of ether oxygens (including phenoxy) is 6. The zero-order valence-electron chi connectivity index (χ0n) is 31.5. The number of nitrogen functional groups attached to an aromatic ring is 1. The molecule has 3 saturated heterocycles. The van der Waals surface area contributed by atoms with Gasteiger partial charge in [-0.15, -0.1) is 10.2 Å². The fourth-order valence-electron chi connectivity index (χ4n) is 7.73. The highest BCUT2D eigenvalue weighted by Gasteiger charge is 2.40. The number of aromatic nitrogens is 2. The Hall–Kier alpha value is -4.05. The number of nitrogens with zero attached hydrogens (tertiary/aromatic N) is 6. The first-order valence-corrected chi connectivity index (χ1v) is 19.3. The summed E-state index contributed by atoms with van der Waals surface area (Å²) in [6, 6.07) is 19.5. The first-order chi connectivity index (χ1) is 26.5. The van der Waals surface area contributed by atoms with Crippen molar-refractivity contribution < 1.29 is 33.2 Å². The lowest BCUT2D eigenvalue weighted by molar-refractivity contribution is -0.133. The SMILES string of the molecule is COCOc1ccccc1-c1cc(N2CCC3(CC2)CN(CCOC2CC(OCCN4CCN(C(=O)OCc5ccccc5)CC4)C2)CCO3)c(N)nn1. The molecule has 4 fully saturated rings. The molecule has 3 aliphatic heterocycles. The van der Waals surface area contributed by atoms with Crippen molar-refractivity contribution in [3.8, 4) is 17.0 Å². The fourth-order valence-corrected chi connectivity index (χ4v) is 7.73. The molecule has 0 bridgehead atoms. The van der Waals surface area contributed by atoms with Gasteiger partial charge in [0, 0.05) is 78.1 Å². The number of amides is 1. The first kappa shape index (κ1) is 38.2. The summed E-state index contributed by atoms with van der Waals surface area (Å²) >= 11 is 0. The summed E-state index contributed by atoms with van der Waals surface area (Å²) < 4.78 is 35.2. The number of anilines is 2. The zero-order chi connectivity index (χ0) is 37.2. The largest absolute Gasteiger partial charge is 0.467 e. The number of para-hydroxylation sites is 1. The molecule has 292 valence electrons. The number of methoxy groups -OCH3 is 1. The van der Waals surface area contributed by atoms with Gasteiger partial charge in [0.15, 0.2) is 12.6 Å². The van der Waals surface area contributed by atoms with E-state index in [2.05, 4.69) is 24.9 Å². The summed E-state index contributed by atoms with van der Waals surface area (Å²) in [5, 5.41) is 8.69. The minimum atomic E-state index is -0.238. The van der Waals surface area contributed by atoms with Crippen molar-refractivity contribution in [2.45, 2.75) is 50.1 Å². The second-order valence-corrected chi connectivity index (χ2v) is 14.7. The smallest absolute Gasteiger partial charge is 0.410 e. The van der Waals surface area contributed by atoms with Crippen LogP contribution in [0.1, 0.15) is 31.2 Å². The molecule has 4 aliphatic rings. The van der Waals surface area contributed by atoms with E-state index >= 15 is 0 Å². The molecule has 14 nitrogen and oxygen atoms in total. The molecule has 2 N–H and O–H groups in total.